The molecule has 0 aromatic carbocycles. The van der Waals surface area contributed by atoms with Crippen LogP contribution in [0.25, 0.3) is 0 Å². The Morgan fingerprint density at radius 2 is 2.19 bits per heavy atom. The monoisotopic (exact) mass is 222 g/mol. The Morgan fingerprint density at radius 3 is 2.69 bits per heavy atom. The summed E-state index contributed by atoms with van der Waals surface area (Å²) in [6.45, 7) is 0.972. The molecule has 5 nitrogen and oxygen atoms in total. The van der Waals surface area contributed by atoms with E-state index < -0.39 is 0 Å². The average molecular weight is 222 g/mol. The minimum absolute atomic E-state index is 0.0159. The van der Waals surface area contributed by atoms with Gasteiger partial charge in [0.2, 0.25) is 5.91 Å². The number of aromatic nitrogens is 1. The van der Waals surface area contributed by atoms with Gasteiger partial charge in [0.1, 0.15) is 5.82 Å². The van der Waals surface area contributed by atoms with Crippen LogP contribution in [-0.4, -0.2) is 38.6 Å². The van der Waals surface area contributed by atoms with Crippen LogP contribution in [0.5, 0.6) is 0 Å². The number of nitrogens with one attached hydrogen (secondary N) is 2. The highest BCUT2D eigenvalue weighted by atomic mass is 16.1. The highest BCUT2D eigenvalue weighted by molar-refractivity contribution is 5.77. The first-order valence-electron chi connectivity index (χ1n) is 5.17. The summed E-state index contributed by atoms with van der Waals surface area (Å²) in [7, 11) is 5.52. The number of anilines is 1. The van der Waals surface area contributed by atoms with E-state index in [-0.39, 0.29) is 5.91 Å². The van der Waals surface area contributed by atoms with Crippen LogP contribution in [0.3, 0.4) is 0 Å². The molecular formula is C11H18N4O. The normalized spacial score (nSPS) is 9.94. The van der Waals surface area contributed by atoms with Gasteiger partial charge in [0.05, 0.1) is 6.54 Å². The molecule has 1 amide bonds. The second kappa shape index (κ2) is 6.07. The zero-order valence-corrected chi connectivity index (χ0v) is 9.95. The number of amides is 1. The minimum atomic E-state index is -0.0159. The second-order valence-corrected chi connectivity index (χ2v) is 3.70. The molecular weight excluding hydrogens is 204 g/mol. The number of hydrogen-bond donors (Lipinski definition) is 2. The van der Waals surface area contributed by atoms with Crippen molar-refractivity contribution in [1.29, 1.82) is 0 Å². The lowest BCUT2D eigenvalue weighted by molar-refractivity contribution is -0.119. The molecule has 0 aliphatic carbocycles. The third-order valence-electron chi connectivity index (χ3n) is 2.16. The van der Waals surface area contributed by atoms with Crippen LogP contribution in [0.4, 0.5) is 5.82 Å². The summed E-state index contributed by atoms with van der Waals surface area (Å²) in [5, 5.41) is 5.59. The highest BCUT2D eigenvalue weighted by Crippen LogP contribution is 2.07. The number of pyridine rings is 1. The molecule has 0 bridgehead atoms. The third kappa shape index (κ3) is 3.86. The van der Waals surface area contributed by atoms with Gasteiger partial charge >= 0.3 is 0 Å². The Labute approximate surface area is 95.9 Å². The molecule has 2 N–H and O–H groups in total. The van der Waals surface area contributed by atoms with Crippen molar-refractivity contribution in [1.82, 2.24) is 15.6 Å². The smallest absolute Gasteiger partial charge is 0.233 e. The Bertz CT molecular complexity index is 334. The molecule has 1 aromatic heterocycles. The van der Waals surface area contributed by atoms with Gasteiger partial charge in [-0.25, -0.2) is 4.98 Å². The van der Waals surface area contributed by atoms with E-state index in [9.17, 15) is 4.79 Å². The molecule has 16 heavy (non-hydrogen) atoms. The van der Waals surface area contributed by atoms with Crippen molar-refractivity contribution >= 4 is 11.7 Å². The number of rotatable bonds is 5. The first-order valence-corrected chi connectivity index (χ1v) is 5.17. The standard InChI is InChI=1S/C11H18N4O/c1-12-11(16)8-13-6-9-4-5-10(14-7-9)15(2)3/h4-5,7,13H,6,8H2,1-3H3,(H,12,16). The number of carbonyl (C=O) groups excluding carboxylic acids is 1. The SMILES string of the molecule is CNC(=O)CNCc1ccc(N(C)C)nc1. The van der Waals surface area contributed by atoms with Gasteiger partial charge in [0.15, 0.2) is 0 Å². The van der Waals surface area contributed by atoms with Crippen molar-refractivity contribution in [3.63, 3.8) is 0 Å². The molecule has 1 rings (SSSR count). The van der Waals surface area contributed by atoms with Crippen LogP contribution in [0.15, 0.2) is 18.3 Å². The van der Waals surface area contributed by atoms with Crippen LogP contribution in [-0.2, 0) is 11.3 Å². The summed E-state index contributed by atoms with van der Waals surface area (Å²) >= 11 is 0. The lowest BCUT2D eigenvalue weighted by Crippen LogP contribution is -2.31. The van der Waals surface area contributed by atoms with Crippen LogP contribution in [0.2, 0.25) is 0 Å². The van der Waals surface area contributed by atoms with Crippen LogP contribution in [0.1, 0.15) is 5.56 Å². The lowest BCUT2D eigenvalue weighted by atomic mass is 10.3. The predicted molar refractivity (Wildman–Crippen MR) is 64.3 cm³/mol. The second-order valence-electron chi connectivity index (χ2n) is 3.70. The first-order chi connectivity index (χ1) is 7.63. The Balaban J connectivity index is 2.40. The van der Waals surface area contributed by atoms with Crippen molar-refractivity contribution in [2.75, 3.05) is 32.6 Å². The van der Waals surface area contributed by atoms with Crippen molar-refractivity contribution in [2.45, 2.75) is 6.54 Å². The third-order valence-corrected chi connectivity index (χ3v) is 2.16. The topological polar surface area (TPSA) is 57.3 Å². The molecule has 0 saturated heterocycles. The van der Waals surface area contributed by atoms with Gasteiger partial charge in [-0.1, -0.05) is 6.07 Å². The van der Waals surface area contributed by atoms with Crippen molar-refractivity contribution in [3.05, 3.63) is 23.9 Å². The summed E-state index contributed by atoms with van der Waals surface area (Å²) in [5.74, 6) is 0.910. The maximum absolute atomic E-state index is 10.9. The first kappa shape index (κ1) is 12.4. The largest absolute Gasteiger partial charge is 0.363 e. The molecule has 1 aromatic rings. The Morgan fingerprint density at radius 1 is 1.44 bits per heavy atom. The molecule has 1 heterocycles. The van der Waals surface area contributed by atoms with Crippen molar-refractivity contribution in [2.24, 2.45) is 0 Å². The number of nitrogens with zero attached hydrogens (tertiary/aromatic N) is 2. The quantitative estimate of drug-likeness (QED) is 0.735. The number of carbonyl (C=O) groups is 1. The molecule has 5 heteroatoms. The van der Waals surface area contributed by atoms with Gasteiger partial charge in [-0.15, -0.1) is 0 Å². The van der Waals surface area contributed by atoms with Gasteiger partial charge in [-0.2, -0.15) is 0 Å². The zero-order chi connectivity index (χ0) is 12.0. The number of likely N-dealkylation sites (N-methyl/N-ethyl adjacent to an activating group) is 1. The molecule has 0 aliphatic rings. The van der Waals surface area contributed by atoms with Gasteiger partial charge in [-0.3, -0.25) is 4.79 Å². The van der Waals surface area contributed by atoms with E-state index in [1.807, 2.05) is 37.3 Å². The molecule has 0 fully saturated rings. The summed E-state index contributed by atoms with van der Waals surface area (Å²) in [6, 6.07) is 3.95. The van der Waals surface area contributed by atoms with Gasteiger partial charge in [0, 0.05) is 33.9 Å². The maximum atomic E-state index is 10.9. The van der Waals surface area contributed by atoms with Gasteiger partial charge < -0.3 is 15.5 Å². The van der Waals surface area contributed by atoms with E-state index in [2.05, 4.69) is 15.6 Å². The van der Waals surface area contributed by atoms with E-state index in [0.717, 1.165) is 11.4 Å². The molecule has 0 atom stereocenters. The van der Waals surface area contributed by atoms with Crippen molar-refractivity contribution < 1.29 is 4.79 Å². The van der Waals surface area contributed by atoms with E-state index in [1.165, 1.54) is 0 Å². The molecule has 0 aliphatic heterocycles. The zero-order valence-electron chi connectivity index (χ0n) is 9.95. The maximum Gasteiger partial charge on any atom is 0.233 e. The van der Waals surface area contributed by atoms with E-state index in [0.29, 0.717) is 13.1 Å². The molecule has 0 unspecified atom stereocenters. The van der Waals surface area contributed by atoms with E-state index in [4.69, 9.17) is 0 Å². The summed E-state index contributed by atoms with van der Waals surface area (Å²) in [6.07, 6.45) is 1.81. The van der Waals surface area contributed by atoms with Gasteiger partial charge in [-0.05, 0) is 11.6 Å². The van der Waals surface area contributed by atoms with Crippen molar-refractivity contribution in [3.8, 4) is 0 Å². The van der Waals surface area contributed by atoms with E-state index in [1.54, 1.807) is 7.05 Å². The highest BCUT2D eigenvalue weighted by Gasteiger charge is 1.99. The van der Waals surface area contributed by atoms with Crippen LogP contribution >= 0.6 is 0 Å². The fourth-order valence-corrected chi connectivity index (χ4v) is 1.19. The van der Waals surface area contributed by atoms with Crippen LogP contribution in [0, 0.1) is 0 Å². The molecule has 0 spiro atoms. The summed E-state index contributed by atoms with van der Waals surface area (Å²) in [4.78, 5) is 17.2. The Kier molecular flexibility index (Phi) is 4.72. The Hall–Kier alpha value is -1.62. The predicted octanol–water partition coefficient (Wildman–Crippen LogP) is -0.0168. The molecule has 0 radical (unpaired) electrons. The van der Waals surface area contributed by atoms with Gasteiger partial charge in [0.25, 0.3) is 0 Å². The molecule has 0 saturated carbocycles. The summed E-state index contributed by atoms with van der Waals surface area (Å²) in [5.41, 5.74) is 1.06. The minimum Gasteiger partial charge on any atom is -0.363 e. The summed E-state index contributed by atoms with van der Waals surface area (Å²) < 4.78 is 0. The van der Waals surface area contributed by atoms with Crippen LogP contribution < -0.4 is 15.5 Å². The fraction of sp³-hybridized carbons (Fsp3) is 0.455. The van der Waals surface area contributed by atoms with E-state index >= 15 is 0 Å². The average Bonchev–Trinajstić information content (AvgIpc) is 2.29. The molecule has 88 valence electrons. The lowest BCUT2D eigenvalue weighted by Gasteiger charge is -2.11. The fourth-order valence-electron chi connectivity index (χ4n) is 1.19. The number of hydrogen-bond acceptors (Lipinski definition) is 4.